The van der Waals surface area contributed by atoms with Gasteiger partial charge >= 0.3 is 0 Å². The molecule has 114 valence electrons. The van der Waals surface area contributed by atoms with Crippen LogP contribution in [0.5, 0.6) is 0 Å². The highest BCUT2D eigenvalue weighted by Gasteiger charge is 2.14. The summed E-state index contributed by atoms with van der Waals surface area (Å²) in [6.07, 6.45) is 2.07. The molecule has 2 aromatic rings. The summed E-state index contributed by atoms with van der Waals surface area (Å²) < 4.78 is 1.75. The van der Waals surface area contributed by atoms with Crippen molar-refractivity contribution in [2.45, 2.75) is 59.9 Å². The number of carbonyl (C=O) groups is 1. The lowest BCUT2D eigenvalue weighted by atomic mass is 10.1. The van der Waals surface area contributed by atoms with E-state index < -0.39 is 0 Å². The number of aromatic nitrogens is 4. The van der Waals surface area contributed by atoms with Crippen LogP contribution >= 0.6 is 0 Å². The fraction of sp³-hybridized carbons (Fsp3) is 0.600. The monoisotopic (exact) mass is 289 g/mol. The highest BCUT2D eigenvalue weighted by Crippen LogP contribution is 2.15. The Labute approximate surface area is 125 Å². The van der Waals surface area contributed by atoms with Crippen molar-refractivity contribution < 1.29 is 4.79 Å². The van der Waals surface area contributed by atoms with Gasteiger partial charge in [-0.05, 0) is 46.1 Å². The number of fused-ring (bicyclic) bond motifs is 1. The van der Waals surface area contributed by atoms with Gasteiger partial charge in [0, 0.05) is 23.9 Å². The number of nitrogens with zero attached hydrogens (tertiary/aromatic N) is 4. The molecule has 0 aromatic carbocycles. The fourth-order valence-electron chi connectivity index (χ4n) is 2.36. The lowest BCUT2D eigenvalue weighted by molar-refractivity contribution is -0.121. The normalized spacial score (nSPS) is 12.6. The lowest BCUT2D eigenvalue weighted by Gasteiger charge is -2.13. The van der Waals surface area contributed by atoms with Gasteiger partial charge in [-0.15, -0.1) is 0 Å². The topological polar surface area (TPSA) is 72.2 Å². The average molecular weight is 289 g/mol. The Kier molecular flexibility index (Phi) is 4.55. The van der Waals surface area contributed by atoms with E-state index in [1.807, 2.05) is 27.7 Å². The van der Waals surface area contributed by atoms with Crippen molar-refractivity contribution in [3.8, 4) is 0 Å². The molecular weight excluding hydrogens is 266 g/mol. The van der Waals surface area contributed by atoms with Crippen LogP contribution in [0.3, 0.4) is 0 Å². The van der Waals surface area contributed by atoms with Gasteiger partial charge in [-0.25, -0.2) is 9.50 Å². The zero-order valence-corrected chi connectivity index (χ0v) is 13.4. The third kappa shape index (κ3) is 3.37. The van der Waals surface area contributed by atoms with Gasteiger partial charge in [-0.3, -0.25) is 4.79 Å². The summed E-state index contributed by atoms with van der Waals surface area (Å²) in [6, 6.07) is 0.221. The first-order valence-electron chi connectivity index (χ1n) is 7.41. The van der Waals surface area contributed by atoms with Gasteiger partial charge in [0.1, 0.15) is 5.82 Å². The minimum Gasteiger partial charge on any atom is -0.354 e. The predicted molar refractivity (Wildman–Crippen MR) is 81.2 cm³/mol. The molecular formula is C15H23N5O. The standard InChI is InChI=1S/C15H23N5O/c1-6-9(2)16-14(21)8-7-13-10(3)17-15-18-12(5)19-20(15)11(13)4/h9H,6-8H2,1-5H3,(H,16,21). The van der Waals surface area contributed by atoms with E-state index in [-0.39, 0.29) is 11.9 Å². The van der Waals surface area contributed by atoms with E-state index in [0.717, 1.165) is 23.4 Å². The number of amides is 1. The summed E-state index contributed by atoms with van der Waals surface area (Å²) in [6.45, 7) is 9.88. The van der Waals surface area contributed by atoms with Gasteiger partial charge < -0.3 is 5.32 Å². The number of hydrogen-bond donors (Lipinski definition) is 1. The zero-order valence-electron chi connectivity index (χ0n) is 13.4. The average Bonchev–Trinajstić information content (AvgIpc) is 2.79. The molecule has 1 amide bonds. The van der Waals surface area contributed by atoms with Crippen molar-refractivity contribution in [2.75, 3.05) is 0 Å². The smallest absolute Gasteiger partial charge is 0.252 e. The highest BCUT2D eigenvalue weighted by atomic mass is 16.1. The summed E-state index contributed by atoms with van der Waals surface area (Å²) in [5.74, 6) is 1.41. The summed E-state index contributed by atoms with van der Waals surface area (Å²) in [5.41, 5.74) is 3.00. The molecule has 6 heteroatoms. The number of carbonyl (C=O) groups excluding carboxylic acids is 1. The molecule has 2 heterocycles. The van der Waals surface area contributed by atoms with Crippen LogP contribution in [0.4, 0.5) is 0 Å². The molecule has 21 heavy (non-hydrogen) atoms. The third-order valence-corrected chi connectivity index (χ3v) is 3.78. The van der Waals surface area contributed by atoms with Gasteiger partial charge in [0.2, 0.25) is 5.91 Å². The van der Waals surface area contributed by atoms with Gasteiger partial charge in [0.05, 0.1) is 0 Å². The molecule has 0 aliphatic heterocycles. The van der Waals surface area contributed by atoms with E-state index in [0.29, 0.717) is 24.4 Å². The summed E-state index contributed by atoms with van der Waals surface area (Å²) >= 11 is 0. The molecule has 2 aromatic heterocycles. The first-order chi connectivity index (χ1) is 9.92. The first kappa shape index (κ1) is 15.4. The Morgan fingerprint density at radius 2 is 2.00 bits per heavy atom. The van der Waals surface area contributed by atoms with E-state index >= 15 is 0 Å². The van der Waals surface area contributed by atoms with Crippen LogP contribution in [-0.2, 0) is 11.2 Å². The zero-order chi connectivity index (χ0) is 15.6. The van der Waals surface area contributed by atoms with Crippen molar-refractivity contribution >= 4 is 11.7 Å². The Bertz CT molecular complexity index is 662. The number of rotatable bonds is 5. The van der Waals surface area contributed by atoms with Crippen LogP contribution in [0.2, 0.25) is 0 Å². The number of hydrogen-bond acceptors (Lipinski definition) is 4. The van der Waals surface area contributed by atoms with Crippen molar-refractivity contribution in [1.82, 2.24) is 24.9 Å². The van der Waals surface area contributed by atoms with Crippen LogP contribution in [0.25, 0.3) is 5.78 Å². The third-order valence-electron chi connectivity index (χ3n) is 3.78. The Hall–Kier alpha value is -1.98. The first-order valence-corrected chi connectivity index (χ1v) is 7.41. The van der Waals surface area contributed by atoms with Crippen molar-refractivity contribution in [3.05, 3.63) is 22.8 Å². The number of nitrogens with one attached hydrogen (secondary N) is 1. The van der Waals surface area contributed by atoms with E-state index in [4.69, 9.17) is 0 Å². The molecule has 0 saturated carbocycles. The quantitative estimate of drug-likeness (QED) is 0.912. The molecule has 0 aliphatic rings. The van der Waals surface area contributed by atoms with E-state index in [2.05, 4.69) is 27.3 Å². The van der Waals surface area contributed by atoms with Gasteiger partial charge in [0.25, 0.3) is 5.78 Å². The van der Waals surface area contributed by atoms with E-state index in [9.17, 15) is 4.79 Å². The SMILES string of the molecule is CCC(C)NC(=O)CCc1c(C)nc2nc(C)nn2c1C. The minimum absolute atomic E-state index is 0.0815. The molecule has 6 nitrogen and oxygen atoms in total. The van der Waals surface area contributed by atoms with Crippen molar-refractivity contribution in [2.24, 2.45) is 0 Å². The molecule has 1 unspecified atom stereocenters. The largest absolute Gasteiger partial charge is 0.354 e. The lowest BCUT2D eigenvalue weighted by Crippen LogP contribution is -2.32. The minimum atomic E-state index is 0.0815. The maximum atomic E-state index is 11.9. The molecule has 0 fully saturated rings. The Morgan fingerprint density at radius 1 is 1.29 bits per heavy atom. The predicted octanol–water partition coefficient (Wildman–Crippen LogP) is 1.90. The molecule has 1 N–H and O–H groups in total. The molecule has 1 atom stereocenters. The summed E-state index contributed by atoms with van der Waals surface area (Å²) in [4.78, 5) is 20.7. The summed E-state index contributed by atoms with van der Waals surface area (Å²) in [7, 11) is 0. The second-order valence-electron chi connectivity index (χ2n) is 5.51. The molecule has 0 radical (unpaired) electrons. The van der Waals surface area contributed by atoms with Crippen LogP contribution in [0, 0.1) is 20.8 Å². The maximum absolute atomic E-state index is 11.9. The molecule has 0 spiro atoms. The second-order valence-corrected chi connectivity index (χ2v) is 5.51. The fourth-order valence-corrected chi connectivity index (χ4v) is 2.36. The highest BCUT2D eigenvalue weighted by molar-refractivity contribution is 5.76. The molecule has 0 aliphatic carbocycles. The van der Waals surface area contributed by atoms with E-state index in [1.54, 1.807) is 4.52 Å². The molecule has 0 saturated heterocycles. The number of aryl methyl sites for hydroxylation is 3. The maximum Gasteiger partial charge on any atom is 0.252 e. The summed E-state index contributed by atoms with van der Waals surface area (Å²) in [5, 5.41) is 7.33. The van der Waals surface area contributed by atoms with Crippen LogP contribution in [0.15, 0.2) is 0 Å². The van der Waals surface area contributed by atoms with E-state index in [1.165, 1.54) is 0 Å². The van der Waals surface area contributed by atoms with Crippen LogP contribution in [-0.4, -0.2) is 31.5 Å². The van der Waals surface area contributed by atoms with Crippen molar-refractivity contribution in [3.63, 3.8) is 0 Å². The van der Waals surface area contributed by atoms with Crippen LogP contribution < -0.4 is 5.32 Å². The second kappa shape index (κ2) is 6.20. The van der Waals surface area contributed by atoms with Crippen LogP contribution in [0.1, 0.15) is 49.5 Å². The molecule has 2 rings (SSSR count). The van der Waals surface area contributed by atoms with Gasteiger partial charge in [-0.1, -0.05) is 6.92 Å². The van der Waals surface area contributed by atoms with Gasteiger partial charge in [0.15, 0.2) is 0 Å². The van der Waals surface area contributed by atoms with Crippen molar-refractivity contribution in [1.29, 1.82) is 0 Å². The Morgan fingerprint density at radius 3 is 2.67 bits per heavy atom. The Balaban J connectivity index is 2.16. The molecule has 0 bridgehead atoms. The van der Waals surface area contributed by atoms with Gasteiger partial charge in [-0.2, -0.15) is 10.1 Å².